The van der Waals surface area contributed by atoms with Gasteiger partial charge in [0.25, 0.3) is 0 Å². The van der Waals surface area contributed by atoms with Gasteiger partial charge in [0.2, 0.25) is 0 Å². The Bertz CT molecular complexity index is 742. The molecule has 0 saturated heterocycles. The van der Waals surface area contributed by atoms with E-state index >= 15 is 0 Å². The van der Waals surface area contributed by atoms with Crippen molar-refractivity contribution in [2.75, 3.05) is 5.32 Å². The van der Waals surface area contributed by atoms with Gasteiger partial charge < -0.3 is 5.32 Å². The molecular weight excluding hydrogens is 318 g/mol. The second-order valence-electron chi connectivity index (χ2n) is 4.44. The minimum absolute atomic E-state index is 0.598. The van der Waals surface area contributed by atoms with Crippen LogP contribution in [0, 0.1) is 6.92 Å². The number of fused-ring (bicyclic) bond motifs is 1. The molecule has 20 heavy (non-hydrogen) atoms. The Labute approximate surface area is 124 Å². The molecule has 1 aromatic carbocycles. The van der Waals surface area contributed by atoms with Gasteiger partial charge in [0.05, 0.1) is 35.3 Å². The topological polar surface area (TPSA) is 63.6 Å². The van der Waals surface area contributed by atoms with Crippen LogP contribution in [-0.4, -0.2) is 20.4 Å². The Morgan fingerprint density at radius 2 is 2.00 bits per heavy atom. The maximum atomic E-state index is 4.13. The first-order chi connectivity index (χ1) is 9.72. The maximum absolute atomic E-state index is 4.13. The second-order valence-corrected chi connectivity index (χ2v) is 5.35. The van der Waals surface area contributed by atoms with Gasteiger partial charge in [-0.1, -0.05) is 15.9 Å². The minimum Gasteiger partial charge on any atom is -0.377 e. The molecule has 3 rings (SSSR count). The first-order valence-corrected chi connectivity index (χ1v) is 6.96. The highest BCUT2D eigenvalue weighted by Crippen LogP contribution is 2.24. The summed E-state index contributed by atoms with van der Waals surface area (Å²) in [4.78, 5) is 0. The van der Waals surface area contributed by atoms with Crippen molar-refractivity contribution in [1.29, 1.82) is 0 Å². The van der Waals surface area contributed by atoms with Crippen molar-refractivity contribution >= 4 is 32.5 Å². The van der Waals surface area contributed by atoms with Gasteiger partial charge in [0, 0.05) is 9.86 Å². The molecule has 1 N–H and O–H groups in total. The van der Waals surface area contributed by atoms with E-state index in [1.807, 2.05) is 37.3 Å². The molecule has 6 heteroatoms. The number of anilines is 1. The number of benzene rings is 1. The first kappa shape index (κ1) is 12.9. The predicted molar refractivity (Wildman–Crippen MR) is 81.3 cm³/mol. The average molecular weight is 330 g/mol. The molecule has 0 atom stereocenters. The fourth-order valence-electron chi connectivity index (χ4n) is 1.88. The lowest BCUT2D eigenvalue weighted by atomic mass is 10.2. The molecule has 0 fully saturated rings. The zero-order chi connectivity index (χ0) is 13.9. The Kier molecular flexibility index (Phi) is 3.56. The number of aryl methyl sites for hydroxylation is 1. The van der Waals surface area contributed by atoms with Gasteiger partial charge in [-0.2, -0.15) is 20.4 Å². The summed E-state index contributed by atoms with van der Waals surface area (Å²) < 4.78 is 1.01. The van der Waals surface area contributed by atoms with Crippen molar-refractivity contribution < 1.29 is 0 Å². The van der Waals surface area contributed by atoms with Crippen LogP contribution in [0.25, 0.3) is 10.9 Å². The van der Waals surface area contributed by atoms with Crippen molar-refractivity contribution in [1.82, 2.24) is 20.4 Å². The highest BCUT2D eigenvalue weighted by Gasteiger charge is 2.04. The third-order valence-corrected chi connectivity index (χ3v) is 3.41. The van der Waals surface area contributed by atoms with Crippen LogP contribution in [0.15, 0.2) is 41.0 Å². The molecule has 0 saturated carbocycles. The van der Waals surface area contributed by atoms with E-state index in [1.165, 1.54) is 0 Å². The van der Waals surface area contributed by atoms with Crippen molar-refractivity contribution in [3.8, 4) is 0 Å². The summed E-state index contributed by atoms with van der Waals surface area (Å²) in [6.07, 6.45) is 1.72. The fourth-order valence-corrected chi connectivity index (χ4v) is 2.24. The van der Waals surface area contributed by atoms with Crippen LogP contribution in [0.1, 0.15) is 11.4 Å². The number of aromatic nitrogens is 4. The monoisotopic (exact) mass is 329 g/mol. The van der Waals surface area contributed by atoms with Crippen LogP contribution in [-0.2, 0) is 6.54 Å². The van der Waals surface area contributed by atoms with Crippen molar-refractivity contribution in [2.45, 2.75) is 13.5 Å². The highest BCUT2D eigenvalue weighted by molar-refractivity contribution is 9.10. The van der Waals surface area contributed by atoms with E-state index in [4.69, 9.17) is 0 Å². The average Bonchev–Trinajstić information content (AvgIpc) is 2.47. The zero-order valence-electron chi connectivity index (χ0n) is 10.8. The van der Waals surface area contributed by atoms with E-state index in [-0.39, 0.29) is 0 Å². The molecule has 0 aliphatic heterocycles. The molecule has 0 radical (unpaired) electrons. The van der Waals surface area contributed by atoms with E-state index in [9.17, 15) is 0 Å². The molecule has 100 valence electrons. The van der Waals surface area contributed by atoms with E-state index in [1.54, 1.807) is 6.20 Å². The summed E-state index contributed by atoms with van der Waals surface area (Å²) >= 11 is 3.47. The Hall–Kier alpha value is -2.08. The van der Waals surface area contributed by atoms with E-state index < -0.39 is 0 Å². The molecule has 2 aromatic heterocycles. The summed E-state index contributed by atoms with van der Waals surface area (Å²) in [5.74, 6) is 0. The molecule has 0 aliphatic rings. The van der Waals surface area contributed by atoms with Gasteiger partial charge in [0.15, 0.2) is 0 Å². The van der Waals surface area contributed by atoms with Crippen LogP contribution in [0.4, 0.5) is 5.69 Å². The SMILES string of the molecule is Cc1ccc(CNc2cnnc3ccc(Br)cc23)nn1. The van der Waals surface area contributed by atoms with Crippen LogP contribution >= 0.6 is 15.9 Å². The zero-order valence-corrected chi connectivity index (χ0v) is 12.4. The van der Waals surface area contributed by atoms with Crippen molar-refractivity contribution in [3.05, 3.63) is 52.4 Å². The number of rotatable bonds is 3. The minimum atomic E-state index is 0.598. The summed E-state index contributed by atoms with van der Waals surface area (Å²) in [6.45, 7) is 2.52. The van der Waals surface area contributed by atoms with Crippen molar-refractivity contribution in [2.24, 2.45) is 0 Å². The lowest BCUT2D eigenvalue weighted by molar-refractivity contribution is 0.897. The first-order valence-electron chi connectivity index (χ1n) is 6.16. The number of hydrogen-bond acceptors (Lipinski definition) is 5. The molecule has 0 aliphatic carbocycles. The Morgan fingerprint density at radius 3 is 2.80 bits per heavy atom. The lowest BCUT2D eigenvalue weighted by Crippen LogP contribution is -2.04. The Morgan fingerprint density at radius 1 is 1.10 bits per heavy atom. The third kappa shape index (κ3) is 2.75. The quantitative estimate of drug-likeness (QED) is 0.799. The number of nitrogens with zero attached hydrogens (tertiary/aromatic N) is 4. The van der Waals surface area contributed by atoms with Gasteiger partial charge >= 0.3 is 0 Å². The lowest BCUT2D eigenvalue weighted by Gasteiger charge is -2.08. The van der Waals surface area contributed by atoms with Crippen LogP contribution in [0.3, 0.4) is 0 Å². The fraction of sp³-hybridized carbons (Fsp3) is 0.143. The molecule has 2 heterocycles. The standard InChI is InChI=1S/C14H12BrN5/c1-9-2-4-11(19-18-9)7-16-14-8-17-20-13-5-3-10(15)6-12(13)14/h2-6,8H,7H2,1H3,(H,16,20). The van der Waals surface area contributed by atoms with Gasteiger partial charge in [-0.15, -0.1) is 0 Å². The molecular formula is C14H12BrN5. The van der Waals surface area contributed by atoms with Crippen LogP contribution < -0.4 is 5.32 Å². The second kappa shape index (κ2) is 5.50. The molecule has 3 aromatic rings. The third-order valence-electron chi connectivity index (χ3n) is 2.91. The maximum Gasteiger partial charge on any atom is 0.0951 e. The van der Waals surface area contributed by atoms with Gasteiger partial charge in [0.1, 0.15) is 0 Å². The van der Waals surface area contributed by atoms with Gasteiger partial charge in [-0.3, -0.25) is 0 Å². The number of halogens is 1. The summed E-state index contributed by atoms with van der Waals surface area (Å²) in [5.41, 5.74) is 3.58. The van der Waals surface area contributed by atoms with Gasteiger partial charge in [-0.05, 0) is 37.3 Å². The summed E-state index contributed by atoms with van der Waals surface area (Å²) in [6, 6.07) is 9.81. The van der Waals surface area contributed by atoms with Gasteiger partial charge in [-0.25, -0.2) is 0 Å². The van der Waals surface area contributed by atoms with Crippen molar-refractivity contribution in [3.63, 3.8) is 0 Å². The van der Waals surface area contributed by atoms with E-state index in [0.29, 0.717) is 6.54 Å². The Balaban J connectivity index is 1.87. The van der Waals surface area contributed by atoms with Crippen LogP contribution in [0.5, 0.6) is 0 Å². The number of hydrogen-bond donors (Lipinski definition) is 1. The summed E-state index contributed by atoms with van der Waals surface area (Å²) in [5, 5.41) is 20.6. The molecule has 0 spiro atoms. The molecule has 0 unspecified atom stereocenters. The highest BCUT2D eigenvalue weighted by atomic mass is 79.9. The molecule has 5 nitrogen and oxygen atoms in total. The van der Waals surface area contributed by atoms with Crippen LogP contribution in [0.2, 0.25) is 0 Å². The van der Waals surface area contributed by atoms with E-state index in [2.05, 4.69) is 41.6 Å². The summed E-state index contributed by atoms with van der Waals surface area (Å²) in [7, 11) is 0. The normalized spacial score (nSPS) is 10.7. The smallest absolute Gasteiger partial charge is 0.0951 e. The van der Waals surface area contributed by atoms with E-state index in [0.717, 1.165) is 32.5 Å². The number of nitrogens with one attached hydrogen (secondary N) is 1. The molecule has 0 bridgehead atoms. The predicted octanol–water partition coefficient (Wildman–Crippen LogP) is 3.10. The largest absolute Gasteiger partial charge is 0.377 e. The molecule has 0 amide bonds.